The Kier molecular flexibility index (Phi) is 2.92. The minimum atomic E-state index is 0.589. The molecule has 1 fully saturated rings. The number of fused-ring (bicyclic) bond motifs is 1. The van der Waals surface area contributed by atoms with Crippen LogP contribution in [0.4, 0.5) is 0 Å². The smallest absolute Gasteiger partial charge is 0.0926 e. The predicted molar refractivity (Wildman–Crippen MR) is 73.2 cm³/mol. The third-order valence-electron chi connectivity index (χ3n) is 3.52. The van der Waals surface area contributed by atoms with Crippen molar-refractivity contribution in [2.45, 2.75) is 32.4 Å². The Labute approximate surface area is 109 Å². The number of halogens is 1. The lowest BCUT2D eigenvalue weighted by Crippen LogP contribution is -2.27. The summed E-state index contributed by atoms with van der Waals surface area (Å²) in [5, 5.41) is 9.44. The maximum absolute atomic E-state index is 4.67. The highest BCUT2D eigenvalue weighted by atomic mass is 79.9. The first kappa shape index (κ1) is 11.2. The van der Waals surface area contributed by atoms with Crippen LogP contribution in [0.25, 0.3) is 10.9 Å². The van der Waals surface area contributed by atoms with E-state index in [2.05, 4.69) is 50.1 Å². The Bertz CT molecular complexity index is 541. The molecule has 3 nitrogen and oxygen atoms in total. The van der Waals surface area contributed by atoms with Crippen molar-refractivity contribution in [1.29, 1.82) is 0 Å². The summed E-state index contributed by atoms with van der Waals surface area (Å²) in [4.78, 5) is 0. The lowest BCUT2D eigenvalue weighted by molar-refractivity contribution is 0.471. The molecule has 1 N–H and O–H groups in total. The molecule has 0 spiro atoms. The molecule has 0 aliphatic carbocycles. The normalized spacial score (nSPS) is 20.2. The van der Waals surface area contributed by atoms with Gasteiger partial charge in [-0.15, -0.1) is 0 Å². The Hall–Kier alpha value is -0.870. The Morgan fingerprint density at radius 1 is 1.53 bits per heavy atom. The quantitative estimate of drug-likeness (QED) is 0.923. The van der Waals surface area contributed by atoms with Crippen molar-refractivity contribution in [2.24, 2.45) is 0 Å². The number of nitrogens with one attached hydrogen (secondary N) is 1. The SMILES string of the molecule is Cc1c2cc(Br)ccc2nn1CC1CCCN1. The molecule has 0 bridgehead atoms. The van der Waals surface area contributed by atoms with E-state index in [0.29, 0.717) is 6.04 Å². The van der Waals surface area contributed by atoms with Gasteiger partial charge in [-0.1, -0.05) is 15.9 Å². The maximum atomic E-state index is 4.67. The molecule has 0 saturated carbocycles. The number of rotatable bonds is 2. The summed E-state index contributed by atoms with van der Waals surface area (Å²) >= 11 is 3.51. The summed E-state index contributed by atoms with van der Waals surface area (Å²) in [5.74, 6) is 0. The van der Waals surface area contributed by atoms with Crippen molar-refractivity contribution in [1.82, 2.24) is 15.1 Å². The fraction of sp³-hybridized carbons (Fsp3) is 0.462. The fourth-order valence-corrected chi connectivity index (χ4v) is 2.89. The van der Waals surface area contributed by atoms with Crippen LogP contribution >= 0.6 is 15.9 Å². The van der Waals surface area contributed by atoms with E-state index in [1.807, 2.05) is 6.07 Å². The zero-order valence-electron chi connectivity index (χ0n) is 9.91. The van der Waals surface area contributed by atoms with Crippen LogP contribution in [0.15, 0.2) is 22.7 Å². The van der Waals surface area contributed by atoms with E-state index < -0.39 is 0 Å². The van der Waals surface area contributed by atoms with Crippen molar-refractivity contribution in [2.75, 3.05) is 6.54 Å². The van der Waals surface area contributed by atoms with Crippen LogP contribution < -0.4 is 5.32 Å². The first-order chi connectivity index (χ1) is 8.24. The standard InChI is InChI=1S/C13H16BrN3/c1-9-12-7-10(14)4-5-13(12)16-17(9)8-11-3-2-6-15-11/h4-5,7,11,15H,2-3,6,8H2,1H3. The van der Waals surface area contributed by atoms with E-state index >= 15 is 0 Å². The number of aromatic nitrogens is 2. The lowest BCUT2D eigenvalue weighted by Gasteiger charge is -2.11. The predicted octanol–water partition coefficient (Wildman–Crippen LogP) is 2.86. The minimum Gasteiger partial charge on any atom is -0.312 e. The van der Waals surface area contributed by atoms with Gasteiger partial charge in [0.05, 0.1) is 12.1 Å². The van der Waals surface area contributed by atoms with Gasteiger partial charge in [-0.2, -0.15) is 5.10 Å². The van der Waals surface area contributed by atoms with Gasteiger partial charge in [0.1, 0.15) is 0 Å². The summed E-state index contributed by atoms with van der Waals surface area (Å²) in [6.07, 6.45) is 2.55. The molecule has 0 amide bonds. The van der Waals surface area contributed by atoms with Crippen molar-refractivity contribution >= 4 is 26.8 Å². The molecule has 0 radical (unpaired) electrons. The van der Waals surface area contributed by atoms with Crippen LogP contribution in [0.5, 0.6) is 0 Å². The van der Waals surface area contributed by atoms with Gasteiger partial charge >= 0.3 is 0 Å². The van der Waals surface area contributed by atoms with Gasteiger partial charge in [-0.25, -0.2) is 0 Å². The third kappa shape index (κ3) is 2.11. The molecule has 1 saturated heterocycles. The zero-order valence-corrected chi connectivity index (χ0v) is 11.5. The topological polar surface area (TPSA) is 29.9 Å². The highest BCUT2D eigenvalue weighted by molar-refractivity contribution is 9.10. The Morgan fingerprint density at radius 3 is 3.18 bits per heavy atom. The van der Waals surface area contributed by atoms with E-state index in [9.17, 15) is 0 Å². The first-order valence-corrected chi connectivity index (χ1v) is 6.89. The van der Waals surface area contributed by atoms with E-state index in [1.54, 1.807) is 0 Å². The molecule has 17 heavy (non-hydrogen) atoms. The minimum absolute atomic E-state index is 0.589. The molecule has 3 rings (SSSR count). The van der Waals surface area contributed by atoms with Crippen molar-refractivity contribution in [3.63, 3.8) is 0 Å². The average Bonchev–Trinajstić information content (AvgIpc) is 2.91. The molecule has 1 unspecified atom stereocenters. The van der Waals surface area contributed by atoms with Crippen molar-refractivity contribution in [3.05, 3.63) is 28.4 Å². The summed E-state index contributed by atoms with van der Waals surface area (Å²) in [6, 6.07) is 6.86. The molecule has 4 heteroatoms. The van der Waals surface area contributed by atoms with Crippen LogP contribution in [0.3, 0.4) is 0 Å². The first-order valence-electron chi connectivity index (χ1n) is 6.10. The molecular formula is C13H16BrN3. The monoisotopic (exact) mass is 293 g/mol. The molecule has 90 valence electrons. The molecule has 1 aromatic heterocycles. The van der Waals surface area contributed by atoms with E-state index in [-0.39, 0.29) is 0 Å². The number of hydrogen-bond acceptors (Lipinski definition) is 2. The largest absolute Gasteiger partial charge is 0.312 e. The highest BCUT2D eigenvalue weighted by Gasteiger charge is 2.16. The fourth-order valence-electron chi connectivity index (χ4n) is 2.53. The van der Waals surface area contributed by atoms with Gasteiger partial charge in [-0.3, -0.25) is 4.68 Å². The maximum Gasteiger partial charge on any atom is 0.0926 e. The second kappa shape index (κ2) is 4.42. The molecule has 2 heterocycles. The second-order valence-corrected chi connectivity index (χ2v) is 5.64. The van der Waals surface area contributed by atoms with E-state index in [4.69, 9.17) is 0 Å². The summed E-state index contributed by atoms with van der Waals surface area (Å²) in [7, 11) is 0. The molecule has 1 aliphatic heterocycles. The molecule has 1 aromatic carbocycles. The summed E-state index contributed by atoms with van der Waals surface area (Å²) in [6.45, 7) is 4.28. The van der Waals surface area contributed by atoms with Crippen molar-refractivity contribution < 1.29 is 0 Å². The van der Waals surface area contributed by atoms with Crippen LogP contribution in [-0.4, -0.2) is 22.4 Å². The zero-order chi connectivity index (χ0) is 11.8. The Morgan fingerprint density at radius 2 is 2.41 bits per heavy atom. The summed E-state index contributed by atoms with van der Waals surface area (Å²) in [5.41, 5.74) is 2.35. The van der Waals surface area contributed by atoms with Gasteiger partial charge in [0, 0.05) is 21.6 Å². The molecular weight excluding hydrogens is 278 g/mol. The molecule has 1 atom stereocenters. The average molecular weight is 294 g/mol. The number of hydrogen-bond donors (Lipinski definition) is 1. The van der Waals surface area contributed by atoms with E-state index in [0.717, 1.165) is 23.1 Å². The third-order valence-corrected chi connectivity index (χ3v) is 4.01. The van der Waals surface area contributed by atoms with Crippen LogP contribution in [0.1, 0.15) is 18.5 Å². The van der Waals surface area contributed by atoms with Gasteiger partial charge < -0.3 is 5.32 Å². The van der Waals surface area contributed by atoms with Gasteiger partial charge in [-0.05, 0) is 44.5 Å². The van der Waals surface area contributed by atoms with Crippen molar-refractivity contribution in [3.8, 4) is 0 Å². The summed E-state index contributed by atoms with van der Waals surface area (Å²) < 4.78 is 3.26. The van der Waals surface area contributed by atoms with Gasteiger partial charge in [0.15, 0.2) is 0 Å². The second-order valence-electron chi connectivity index (χ2n) is 4.72. The van der Waals surface area contributed by atoms with E-state index in [1.165, 1.54) is 23.9 Å². The van der Waals surface area contributed by atoms with Gasteiger partial charge in [0.25, 0.3) is 0 Å². The Balaban J connectivity index is 1.96. The number of aryl methyl sites for hydroxylation is 1. The molecule has 2 aromatic rings. The number of nitrogens with zero attached hydrogens (tertiary/aromatic N) is 2. The lowest BCUT2D eigenvalue weighted by atomic mass is 10.2. The number of benzene rings is 1. The van der Waals surface area contributed by atoms with Crippen LogP contribution in [0, 0.1) is 6.92 Å². The van der Waals surface area contributed by atoms with Crippen LogP contribution in [0.2, 0.25) is 0 Å². The van der Waals surface area contributed by atoms with Gasteiger partial charge in [0.2, 0.25) is 0 Å². The highest BCUT2D eigenvalue weighted by Crippen LogP contribution is 2.23. The molecule has 1 aliphatic rings. The van der Waals surface area contributed by atoms with Crippen LogP contribution in [-0.2, 0) is 6.54 Å².